The van der Waals surface area contributed by atoms with Crippen LogP contribution in [-0.4, -0.2) is 34.9 Å². The van der Waals surface area contributed by atoms with Crippen molar-refractivity contribution in [2.75, 3.05) is 13.1 Å². The molecule has 2 N–H and O–H groups in total. The van der Waals surface area contributed by atoms with E-state index in [9.17, 15) is 4.79 Å². The van der Waals surface area contributed by atoms with E-state index in [1.807, 2.05) is 6.07 Å². The molecule has 1 fully saturated rings. The lowest BCUT2D eigenvalue weighted by atomic mass is 9.97. The molecule has 1 aliphatic heterocycles. The van der Waals surface area contributed by atoms with E-state index in [1.54, 1.807) is 4.90 Å². The van der Waals surface area contributed by atoms with Gasteiger partial charge in [-0.15, -0.1) is 0 Å². The van der Waals surface area contributed by atoms with Crippen molar-refractivity contribution in [2.45, 2.75) is 19.3 Å². The quantitative estimate of drug-likeness (QED) is 0.500. The number of amidine groups is 1. The standard InChI is InChI=1S/C9H13N3O2/c10-4-1-8(11)12-5-2-7(3-6-12)9(13)14/h7,11H,1-3,5-6H2,(H,13,14). The number of hydrogen-bond donors (Lipinski definition) is 2. The fraction of sp³-hybridized carbons (Fsp3) is 0.667. The predicted molar refractivity (Wildman–Crippen MR) is 49.9 cm³/mol. The summed E-state index contributed by atoms with van der Waals surface area (Å²) in [5.74, 6) is -0.728. The smallest absolute Gasteiger partial charge is 0.306 e. The first-order chi connectivity index (χ1) is 6.65. The summed E-state index contributed by atoms with van der Waals surface area (Å²) in [7, 11) is 0. The maximum Gasteiger partial charge on any atom is 0.306 e. The predicted octanol–water partition coefficient (Wildman–Crippen LogP) is 0.674. The number of piperidine rings is 1. The van der Waals surface area contributed by atoms with Crippen LogP contribution in [0.4, 0.5) is 0 Å². The van der Waals surface area contributed by atoms with E-state index in [0.29, 0.717) is 31.8 Å². The number of aliphatic carboxylic acids is 1. The van der Waals surface area contributed by atoms with Crippen LogP contribution in [0.5, 0.6) is 0 Å². The van der Waals surface area contributed by atoms with Crippen LogP contribution in [0.25, 0.3) is 0 Å². The highest BCUT2D eigenvalue weighted by atomic mass is 16.4. The molecule has 0 unspecified atom stereocenters. The Hall–Kier alpha value is -1.57. The largest absolute Gasteiger partial charge is 0.481 e. The fourth-order valence-corrected chi connectivity index (χ4v) is 1.58. The lowest BCUT2D eigenvalue weighted by Gasteiger charge is -2.31. The molecule has 0 saturated carbocycles. The summed E-state index contributed by atoms with van der Waals surface area (Å²) in [6.45, 7) is 1.16. The molecule has 0 amide bonds. The van der Waals surface area contributed by atoms with Crippen molar-refractivity contribution >= 4 is 11.8 Å². The van der Waals surface area contributed by atoms with Gasteiger partial charge in [-0.05, 0) is 12.8 Å². The Balaban J connectivity index is 2.40. The average molecular weight is 195 g/mol. The van der Waals surface area contributed by atoms with E-state index in [4.69, 9.17) is 15.8 Å². The molecule has 1 aliphatic rings. The zero-order valence-corrected chi connectivity index (χ0v) is 7.86. The maximum atomic E-state index is 10.6. The number of carboxylic acids is 1. The molecule has 1 heterocycles. The summed E-state index contributed by atoms with van der Waals surface area (Å²) >= 11 is 0. The highest BCUT2D eigenvalue weighted by Gasteiger charge is 2.25. The zero-order valence-electron chi connectivity index (χ0n) is 7.86. The second kappa shape index (κ2) is 4.61. The Labute approximate surface area is 82.4 Å². The minimum absolute atomic E-state index is 0.109. The molecular weight excluding hydrogens is 182 g/mol. The third-order valence-electron chi connectivity index (χ3n) is 2.47. The van der Waals surface area contributed by atoms with Crippen LogP contribution in [0.3, 0.4) is 0 Å². The number of nitriles is 1. The van der Waals surface area contributed by atoms with Crippen LogP contribution in [0.1, 0.15) is 19.3 Å². The first kappa shape index (κ1) is 10.5. The number of hydrogen-bond acceptors (Lipinski definition) is 3. The second-order valence-corrected chi connectivity index (χ2v) is 3.38. The minimum Gasteiger partial charge on any atom is -0.481 e. The Kier molecular flexibility index (Phi) is 3.46. The van der Waals surface area contributed by atoms with Crippen molar-refractivity contribution in [1.82, 2.24) is 4.90 Å². The van der Waals surface area contributed by atoms with Gasteiger partial charge in [0.2, 0.25) is 0 Å². The van der Waals surface area contributed by atoms with Gasteiger partial charge >= 0.3 is 5.97 Å². The number of carboxylic acid groups (broad SMARTS) is 1. The molecule has 76 valence electrons. The maximum absolute atomic E-state index is 10.6. The average Bonchev–Trinajstić information content (AvgIpc) is 2.18. The van der Waals surface area contributed by atoms with Crippen molar-refractivity contribution in [3.05, 3.63) is 0 Å². The molecule has 1 rings (SSSR count). The third kappa shape index (κ3) is 2.46. The first-order valence-electron chi connectivity index (χ1n) is 4.57. The lowest BCUT2D eigenvalue weighted by Crippen LogP contribution is -2.39. The normalized spacial score (nSPS) is 17.5. The van der Waals surface area contributed by atoms with Gasteiger partial charge in [-0.3, -0.25) is 10.2 Å². The molecule has 0 radical (unpaired) electrons. The molecule has 0 aromatic carbocycles. The molecule has 0 aliphatic carbocycles. The SMILES string of the molecule is N#CCC(=N)N1CCC(C(=O)O)CC1. The molecule has 0 spiro atoms. The number of likely N-dealkylation sites (tertiary alicyclic amines) is 1. The summed E-state index contributed by atoms with van der Waals surface area (Å²) < 4.78 is 0. The van der Waals surface area contributed by atoms with Crippen molar-refractivity contribution in [1.29, 1.82) is 10.7 Å². The Morgan fingerprint density at radius 3 is 2.57 bits per heavy atom. The van der Waals surface area contributed by atoms with Crippen molar-refractivity contribution in [3.63, 3.8) is 0 Å². The Morgan fingerprint density at radius 1 is 1.57 bits per heavy atom. The molecule has 0 aromatic heterocycles. The minimum atomic E-state index is -0.753. The van der Waals surface area contributed by atoms with Gasteiger partial charge in [0.1, 0.15) is 5.84 Å². The molecule has 1 saturated heterocycles. The van der Waals surface area contributed by atoms with Gasteiger partial charge in [0.25, 0.3) is 0 Å². The van der Waals surface area contributed by atoms with Gasteiger partial charge in [-0.1, -0.05) is 0 Å². The monoisotopic (exact) mass is 195 g/mol. The highest BCUT2D eigenvalue weighted by molar-refractivity contribution is 5.81. The topological polar surface area (TPSA) is 88.2 Å². The summed E-state index contributed by atoms with van der Waals surface area (Å²) in [6, 6.07) is 1.92. The Morgan fingerprint density at radius 2 is 2.14 bits per heavy atom. The van der Waals surface area contributed by atoms with Crippen LogP contribution in [0, 0.1) is 22.7 Å². The number of carbonyl (C=O) groups is 1. The zero-order chi connectivity index (χ0) is 10.6. The molecule has 14 heavy (non-hydrogen) atoms. The number of nitrogens with zero attached hydrogens (tertiary/aromatic N) is 2. The summed E-state index contributed by atoms with van der Waals surface area (Å²) in [5, 5.41) is 24.7. The molecule has 0 aromatic rings. The van der Waals surface area contributed by atoms with Gasteiger partial charge in [0, 0.05) is 13.1 Å². The fourth-order valence-electron chi connectivity index (χ4n) is 1.58. The summed E-state index contributed by atoms with van der Waals surface area (Å²) in [6.07, 6.45) is 1.25. The lowest BCUT2D eigenvalue weighted by molar-refractivity contribution is -0.143. The molecule has 5 heteroatoms. The second-order valence-electron chi connectivity index (χ2n) is 3.38. The highest BCUT2D eigenvalue weighted by Crippen LogP contribution is 2.17. The van der Waals surface area contributed by atoms with Crippen molar-refractivity contribution in [2.24, 2.45) is 5.92 Å². The van der Waals surface area contributed by atoms with E-state index in [0.717, 1.165) is 0 Å². The van der Waals surface area contributed by atoms with Crippen molar-refractivity contribution in [3.8, 4) is 6.07 Å². The van der Waals surface area contributed by atoms with Gasteiger partial charge in [-0.25, -0.2) is 0 Å². The molecule has 0 bridgehead atoms. The number of nitrogens with one attached hydrogen (secondary N) is 1. The molecular formula is C9H13N3O2. The van der Waals surface area contributed by atoms with Crippen LogP contribution in [0.15, 0.2) is 0 Å². The van der Waals surface area contributed by atoms with Crippen LogP contribution >= 0.6 is 0 Å². The summed E-state index contributed by atoms with van der Waals surface area (Å²) in [5.41, 5.74) is 0. The molecule has 5 nitrogen and oxygen atoms in total. The van der Waals surface area contributed by atoms with E-state index in [-0.39, 0.29) is 12.3 Å². The van der Waals surface area contributed by atoms with E-state index < -0.39 is 5.97 Å². The van der Waals surface area contributed by atoms with Gasteiger partial charge in [-0.2, -0.15) is 5.26 Å². The van der Waals surface area contributed by atoms with Crippen LogP contribution in [-0.2, 0) is 4.79 Å². The van der Waals surface area contributed by atoms with E-state index in [2.05, 4.69) is 0 Å². The van der Waals surface area contributed by atoms with E-state index in [1.165, 1.54) is 0 Å². The molecule has 0 atom stereocenters. The van der Waals surface area contributed by atoms with Gasteiger partial charge in [0.15, 0.2) is 0 Å². The van der Waals surface area contributed by atoms with Gasteiger partial charge in [0.05, 0.1) is 18.4 Å². The van der Waals surface area contributed by atoms with Gasteiger partial charge < -0.3 is 10.0 Å². The van der Waals surface area contributed by atoms with E-state index >= 15 is 0 Å². The Bertz CT molecular complexity index is 274. The van der Waals surface area contributed by atoms with Crippen LogP contribution < -0.4 is 0 Å². The number of rotatable bonds is 2. The summed E-state index contributed by atoms with van der Waals surface area (Å²) in [4.78, 5) is 12.4. The third-order valence-corrected chi connectivity index (χ3v) is 2.47. The first-order valence-corrected chi connectivity index (χ1v) is 4.57. The van der Waals surface area contributed by atoms with Crippen LogP contribution in [0.2, 0.25) is 0 Å². The van der Waals surface area contributed by atoms with Crippen molar-refractivity contribution < 1.29 is 9.90 Å².